The molecule has 3 heterocycles. The second kappa shape index (κ2) is 9.33. The molecule has 14 nitrogen and oxygen atoms in total. The summed E-state index contributed by atoms with van der Waals surface area (Å²) in [4.78, 5) is 41.0. The third kappa shape index (κ3) is 5.94. The van der Waals surface area contributed by atoms with Crippen LogP contribution in [0.5, 0.6) is 0 Å². The number of fused-ring (bicyclic) bond motifs is 1. The number of hydrogen-bond donors (Lipinski definition) is 4. The molecular weight excluding hydrogens is 434 g/mol. The molecule has 1 saturated heterocycles. The van der Waals surface area contributed by atoms with Gasteiger partial charge in [0, 0.05) is 0 Å². The van der Waals surface area contributed by atoms with Crippen LogP contribution in [0.1, 0.15) is 5.82 Å². The first kappa shape index (κ1) is 22.5. The van der Waals surface area contributed by atoms with E-state index in [1.54, 1.807) is 0 Å². The molecule has 0 saturated carbocycles. The van der Waals surface area contributed by atoms with E-state index in [1.807, 2.05) is 0 Å². The Balaban J connectivity index is 1.70. The number of aliphatic hydroxyl groups excluding tert-OH is 1. The van der Waals surface area contributed by atoms with Gasteiger partial charge in [-0.3, -0.25) is 9.05 Å². The molecule has 3 atom stereocenters. The van der Waals surface area contributed by atoms with Crippen molar-refractivity contribution in [3.8, 4) is 0 Å². The van der Waals surface area contributed by atoms with Gasteiger partial charge in [-0.2, -0.15) is 18.8 Å². The highest BCUT2D eigenvalue weighted by atomic mass is 31.2. The molecule has 1 fully saturated rings. The van der Waals surface area contributed by atoms with E-state index >= 15 is 0 Å². The van der Waals surface area contributed by atoms with Crippen LogP contribution in [-0.2, 0) is 40.5 Å². The Hall–Kier alpha value is -1.15. The second-order valence-electron chi connectivity index (χ2n) is 5.91. The Kier molecular flexibility index (Phi) is 7.25. The maximum absolute atomic E-state index is 12.2. The second-order valence-corrected chi connectivity index (χ2v) is 8.92. The minimum absolute atomic E-state index is 0.000459. The van der Waals surface area contributed by atoms with Crippen LogP contribution in [-0.4, -0.2) is 78.4 Å². The maximum atomic E-state index is 12.2. The molecule has 0 aliphatic carbocycles. The lowest BCUT2D eigenvalue weighted by Crippen LogP contribution is -2.26. The average Bonchev–Trinajstić information content (AvgIpc) is 3.23. The summed E-state index contributed by atoms with van der Waals surface area (Å²) in [5.74, 6) is 0.197. The van der Waals surface area contributed by atoms with Crippen LogP contribution in [0.4, 0.5) is 0 Å². The molecule has 0 spiro atoms. The number of rotatable bonds is 10. The van der Waals surface area contributed by atoms with E-state index in [-0.39, 0.29) is 32.2 Å². The van der Waals surface area contributed by atoms with Gasteiger partial charge in [-0.05, 0) is 0 Å². The van der Waals surface area contributed by atoms with Crippen molar-refractivity contribution in [1.82, 2.24) is 19.5 Å². The van der Waals surface area contributed by atoms with E-state index in [4.69, 9.17) is 18.3 Å². The standard InChI is InChI=1S/C13H20N4O10P2/c1-23-28(19,20)25-3-2-17-12(16-9-4-14-8-15-13(9)17)7-26-29(21,22)27-11-6-24-5-10(11)18/h4,8,10-11,18-20H,2-3,5-7H2,1H3/p+1. The SMILES string of the molecule is CO[P+](O)(O)OCCn1c(COP(=O)(O)OC2COCC2O)nc2cncnc21. The smallest absolute Gasteiger partial charge is 0.388 e. The monoisotopic (exact) mass is 455 g/mol. The predicted octanol–water partition coefficient (Wildman–Crippen LogP) is -0.455. The van der Waals surface area contributed by atoms with E-state index in [1.165, 1.54) is 17.1 Å². The van der Waals surface area contributed by atoms with Crippen LogP contribution in [0.3, 0.4) is 0 Å². The Labute approximate surface area is 165 Å². The number of phosphoric ester groups is 1. The highest BCUT2D eigenvalue weighted by Crippen LogP contribution is 2.51. The van der Waals surface area contributed by atoms with Crippen molar-refractivity contribution >= 4 is 27.2 Å². The zero-order valence-corrected chi connectivity index (χ0v) is 17.1. The van der Waals surface area contributed by atoms with Crippen molar-refractivity contribution in [2.45, 2.75) is 25.4 Å². The van der Waals surface area contributed by atoms with Gasteiger partial charge < -0.3 is 19.3 Å². The van der Waals surface area contributed by atoms with Crippen LogP contribution in [0, 0.1) is 0 Å². The van der Waals surface area contributed by atoms with Gasteiger partial charge in [-0.15, -0.1) is 0 Å². The number of hydrogen-bond acceptors (Lipinski definition) is 12. The van der Waals surface area contributed by atoms with E-state index in [2.05, 4.69) is 19.5 Å². The lowest BCUT2D eigenvalue weighted by atomic mass is 10.3. The molecule has 16 heteroatoms. The molecule has 0 aromatic carbocycles. The van der Waals surface area contributed by atoms with Crippen molar-refractivity contribution < 1.29 is 47.2 Å². The van der Waals surface area contributed by atoms with Crippen molar-refractivity contribution in [3.63, 3.8) is 0 Å². The van der Waals surface area contributed by atoms with Crippen molar-refractivity contribution in [1.29, 1.82) is 0 Å². The van der Waals surface area contributed by atoms with Crippen LogP contribution in [0.15, 0.2) is 12.5 Å². The lowest BCUT2D eigenvalue weighted by molar-refractivity contribution is 0.0369. The van der Waals surface area contributed by atoms with Crippen molar-refractivity contribution in [2.24, 2.45) is 0 Å². The number of ether oxygens (including phenoxy) is 1. The number of phosphoric acid groups is 1. The fourth-order valence-electron chi connectivity index (χ4n) is 2.54. The zero-order chi connectivity index (χ0) is 21.1. The summed E-state index contributed by atoms with van der Waals surface area (Å²) < 4.78 is 37.9. The van der Waals surface area contributed by atoms with Crippen LogP contribution in [0.25, 0.3) is 11.2 Å². The molecule has 4 N–H and O–H groups in total. The number of imidazole rings is 1. The summed E-state index contributed by atoms with van der Waals surface area (Å²) in [6, 6.07) is 0. The maximum Gasteiger partial charge on any atom is 0.569 e. The minimum atomic E-state index is -4.52. The lowest BCUT2D eigenvalue weighted by Gasteiger charge is -2.18. The van der Waals surface area contributed by atoms with Crippen molar-refractivity contribution in [2.75, 3.05) is 26.9 Å². The molecule has 3 unspecified atom stereocenters. The van der Waals surface area contributed by atoms with Crippen LogP contribution < -0.4 is 0 Å². The minimum Gasteiger partial charge on any atom is -0.388 e. The molecule has 0 radical (unpaired) electrons. The Morgan fingerprint density at radius 3 is 2.90 bits per heavy atom. The van der Waals surface area contributed by atoms with E-state index in [0.717, 1.165) is 7.11 Å². The van der Waals surface area contributed by atoms with E-state index in [0.29, 0.717) is 11.2 Å². The molecule has 29 heavy (non-hydrogen) atoms. The fraction of sp³-hybridized carbons (Fsp3) is 0.615. The Morgan fingerprint density at radius 2 is 2.21 bits per heavy atom. The first-order valence-corrected chi connectivity index (χ1v) is 11.3. The normalized spacial score (nSPS) is 22.2. The molecule has 1 aliphatic rings. The number of aliphatic hydroxyl groups is 1. The fourth-order valence-corrected chi connectivity index (χ4v) is 3.85. The molecule has 2 aromatic heterocycles. The van der Waals surface area contributed by atoms with E-state index in [9.17, 15) is 24.4 Å². The third-order valence-corrected chi connectivity index (χ3v) is 5.91. The first-order chi connectivity index (χ1) is 13.7. The highest BCUT2D eigenvalue weighted by Gasteiger charge is 2.38. The van der Waals surface area contributed by atoms with Gasteiger partial charge in [-0.1, -0.05) is 0 Å². The Morgan fingerprint density at radius 1 is 1.41 bits per heavy atom. The zero-order valence-electron chi connectivity index (χ0n) is 15.3. The summed E-state index contributed by atoms with van der Waals surface area (Å²) in [5.41, 5.74) is 0.771. The summed E-state index contributed by atoms with van der Waals surface area (Å²) in [6.07, 6.45) is 0.717. The summed E-state index contributed by atoms with van der Waals surface area (Å²) in [6.45, 7) is -0.579. The number of aromatic nitrogens is 4. The Bertz CT molecular complexity index is 880. The average molecular weight is 455 g/mol. The molecule has 2 aromatic rings. The largest absolute Gasteiger partial charge is 0.569 e. The summed E-state index contributed by atoms with van der Waals surface area (Å²) >= 11 is 0. The highest BCUT2D eigenvalue weighted by molar-refractivity contribution is 7.54. The van der Waals surface area contributed by atoms with Crippen LogP contribution >= 0.6 is 16.0 Å². The quantitative estimate of drug-likeness (QED) is 0.337. The van der Waals surface area contributed by atoms with Gasteiger partial charge in [-0.25, -0.2) is 19.5 Å². The summed E-state index contributed by atoms with van der Waals surface area (Å²) in [7, 11) is -7.34. The molecule has 1 aliphatic heterocycles. The van der Waals surface area contributed by atoms with Gasteiger partial charge in [0.1, 0.15) is 43.1 Å². The predicted molar refractivity (Wildman–Crippen MR) is 96.0 cm³/mol. The van der Waals surface area contributed by atoms with Gasteiger partial charge in [0.05, 0.1) is 33.1 Å². The number of nitrogens with zero attached hydrogens (tertiary/aromatic N) is 4. The molecule has 3 rings (SSSR count). The first-order valence-electron chi connectivity index (χ1n) is 8.32. The van der Waals surface area contributed by atoms with Gasteiger partial charge in [0.25, 0.3) is 0 Å². The van der Waals surface area contributed by atoms with Crippen LogP contribution in [0.2, 0.25) is 0 Å². The topological polar surface area (TPSA) is 188 Å². The molecule has 0 bridgehead atoms. The van der Waals surface area contributed by atoms with Gasteiger partial charge in [0.2, 0.25) is 0 Å². The van der Waals surface area contributed by atoms with Crippen molar-refractivity contribution in [3.05, 3.63) is 18.3 Å². The van der Waals surface area contributed by atoms with Gasteiger partial charge in [0.15, 0.2) is 5.65 Å². The molecular formula is C13H21N4O10P2+. The van der Waals surface area contributed by atoms with Gasteiger partial charge >= 0.3 is 16.0 Å². The third-order valence-electron chi connectivity index (χ3n) is 3.93. The summed E-state index contributed by atoms with van der Waals surface area (Å²) in [5, 5.41) is 9.63. The molecule has 162 valence electrons. The van der Waals surface area contributed by atoms with E-state index < -0.39 is 34.8 Å². The molecule has 0 amide bonds.